The predicted octanol–water partition coefficient (Wildman–Crippen LogP) is 5.22. The number of nitrogens with zero attached hydrogens (tertiary/aromatic N) is 4. The molecule has 8 heteroatoms. The van der Waals surface area contributed by atoms with Gasteiger partial charge >= 0.3 is 5.97 Å². The van der Waals surface area contributed by atoms with Crippen LogP contribution < -0.4 is 4.74 Å². The molecule has 0 spiro atoms. The monoisotopic (exact) mass is 544 g/mol. The van der Waals surface area contributed by atoms with Crippen LogP contribution in [-0.4, -0.2) is 36.8 Å². The molecule has 1 unspecified atom stereocenters. The molecule has 1 atom stereocenters. The summed E-state index contributed by atoms with van der Waals surface area (Å²) in [7, 11) is 1.90. The molecule has 0 amide bonds. The average Bonchev–Trinajstić information content (AvgIpc) is 3.29. The van der Waals surface area contributed by atoms with Crippen molar-refractivity contribution in [2.24, 2.45) is 7.05 Å². The van der Waals surface area contributed by atoms with Gasteiger partial charge in [0.15, 0.2) is 0 Å². The summed E-state index contributed by atoms with van der Waals surface area (Å²) in [6.45, 7) is 0.292. The molecule has 8 nitrogen and oxygen atoms in total. The standard InChI is InChI=1S/C33H28N4O4/c1-37-30-16-24(33(39)40)10-12-29(30)35-31(37)17-22-7-8-23-14-21(22)9-11-27(38)15-26-13-20(18-34)5-6-25(26)19-41-32-4-2-3-28(23)36-32/h2-8,10,12-14,16,27,38H,9,11,15,17,19H2,1H3,(H,39,40). The summed E-state index contributed by atoms with van der Waals surface area (Å²) in [5.41, 5.74) is 7.98. The van der Waals surface area contributed by atoms with Crippen LogP contribution in [-0.2, 0) is 32.9 Å². The lowest BCUT2D eigenvalue weighted by Gasteiger charge is -2.18. The van der Waals surface area contributed by atoms with E-state index in [4.69, 9.17) is 14.7 Å². The summed E-state index contributed by atoms with van der Waals surface area (Å²) in [6, 6.07) is 24.5. The van der Waals surface area contributed by atoms with Crippen molar-refractivity contribution in [2.75, 3.05) is 0 Å². The third-order valence-corrected chi connectivity index (χ3v) is 7.71. The summed E-state index contributed by atoms with van der Waals surface area (Å²) in [4.78, 5) is 21.0. The Kier molecular flexibility index (Phi) is 6.96. The average molecular weight is 545 g/mol. The van der Waals surface area contributed by atoms with E-state index in [0.29, 0.717) is 43.7 Å². The lowest BCUT2D eigenvalue weighted by atomic mass is 9.93. The molecule has 204 valence electrons. The van der Waals surface area contributed by atoms with Crippen molar-refractivity contribution in [1.29, 1.82) is 5.26 Å². The fourth-order valence-corrected chi connectivity index (χ4v) is 5.40. The molecule has 3 aromatic carbocycles. The Bertz CT molecular complexity index is 1840. The second kappa shape index (κ2) is 10.9. The minimum absolute atomic E-state index is 0.224. The third kappa shape index (κ3) is 5.40. The molecule has 2 aromatic heterocycles. The third-order valence-electron chi connectivity index (χ3n) is 7.71. The Hall–Kier alpha value is -5.00. The summed E-state index contributed by atoms with van der Waals surface area (Å²) in [6.07, 6.45) is 1.52. The number of ether oxygens (including phenoxy) is 1. The molecule has 5 aromatic rings. The van der Waals surface area contributed by atoms with Gasteiger partial charge in [-0.3, -0.25) is 0 Å². The maximum Gasteiger partial charge on any atom is 0.335 e. The molecule has 0 saturated heterocycles. The summed E-state index contributed by atoms with van der Waals surface area (Å²) in [5.74, 6) is 0.347. The zero-order valence-electron chi connectivity index (χ0n) is 22.5. The van der Waals surface area contributed by atoms with Gasteiger partial charge in [0, 0.05) is 25.1 Å². The number of aliphatic hydroxyl groups excluding tert-OH is 1. The smallest absolute Gasteiger partial charge is 0.335 e. The van der Waals surface area contributed by atoms with E-state index in [2.05, 4.69) is 18.2 Å². The highest BCUT2D eigenvalue weighted by Gasteiger charge is 2.17. The predicted molar refractivity (Wildman–Crippen MR) is 154 cm³/mol. The Morgan fingerprint density at radius 3 is 2.76 bits per heavy atom. The number of carboxylic acid groups (broad SMARTS) is 1. The zero-order chi connectivity index (χ0) is 28.5. The van der Waals surface area contributed by atoms with Crippen LogP contribution in [0.2, 0.25) is 0 Å². The van der Waals surface area contributed by atoms with Crippen LogP contribution in [0.5, 0.6) is 5.88 Å². The molecular formula is C33H28N4O4. The quantitative estimate of drug-likeness (QED) is 0.319. The molecule has 41 heavy (non-hydrogen) atoms. The molecule has 6 rings (SSSR count). The van der Waals surface area contributed by atoms with Crippen LogP contribution in [0.4, 0.5) is 0 Å². The minimum Gasteiger partial charge on any atom is -0.478 e. The Morgan fingerprint density at radius 1 is 1.05 bits per heavy atom. The number of pyridine rings is 1. The normalized spacial score (nSPS) is 14.9. The highest BCUT2D eigenvalue weighted by molar-refractivity contribution is 5.92. The second-order valence-corrected chi connectivity index (χ2v) is 10.4. The largest absolute Gasteiger partial charge is 0.478 e. The Balaban J connectivity index is 1.38. The summed E-state index contributed by atoms with van der Waals surface area (Å²) >= 11 is 0. The number of carboxylic acids is 1. The van der Waals surface area contributed by atoms with Crippen LogP contribution in [0.25, 0.3) is 22.3 Å². The van der Waals surface area contributed by atoms with Crippen molar-refractivity contribution in [2.45, 2.75) is 38.4 Å². The number of rotatable bonds is 3. The zero-order valence-corrected chi connectivity index (χ0v) is 22.5. The summed E-state index contributed by atoms with van der Waals surface area (Å²) in [5, 5.41) is 29.9. The lowest BCUT2D eigenvalue weighted by molar-refractivity contribution is 0.0697. The van der Waals surface area contributed by atoms with Crippen molar-refractivity contribution in [3.63, 3.8) is 0 Å². The van der Waals surface area contributed by atoms with Gasteiger partial charge in [-0.1, -0.05) is 24.3 Å². The van der Waals surface area contributed by atoms with E-state index in [1.807, 2.05) is 48.0 Å². The first-order valence-electron chi connectivity index (χ1n) is 13.5. The summed E-state index contributed by atoms with van der Waals surface area (Å²) < 4.78 is 7.98. The number of benzene rings is 3. The van der Waals surface area contributed by atoms with E-state index in [1.54, 1.807) is 24.3 Å². The molecule has 4 bridgehead atoms. The number of aryl methyl sites for hydroxylation is 2. The molecule has 3 heterocycles. The van der Waals surface area contributed by atoms with Crippen molar-refractivity contribution in [3.8, 4) is 23.2 Å². The Labute approximate surface area is 237 Å². The van der Waals surface area contributed by atoms with Gasteiger partial charge in [-0.15, -0.1) is 0 Å². The Morgan fingerprint density at radius 2 is 1.93 bits per heavy atom. The fourth-order valence-electron chi connectivity index (χ4n) is 5.40. The van der Waals surface area contributed by atoms with Crippen molar-refractivity contribution >= 4 is 17.0 Å². The lowest BCUT2D eigenvalue weighted by Crippen LogP contribution is -2.15. The topological polar surface area (TPSA) is 121 Å². The fraction of sp³-hybridized carbons (Fsp3) is 0.212. The molecule has 0 radical (unpaired) electrons. The van der Waals surface area contributed by atoms with E-state index < -0.39 is 12.1 Å². The first-order chi connectivity index (χ1) is 19.9. The van der Waals surface area contributed by atoms with Crippen LogP contribution >= 0.6 is 0 Å². The van der Waals surface area contributed by atoms with E-state index in [9.17, 15) is 20.3 Å². The van der Waals surface area contributed by atoms with Crippen molar-refractivity contribution < 1.29 is 19.7 Å². The number of carbonyl (C=O) groups is 1. The molecule has 0 aliphatic carbocycles. The number of hydrogen-bond donors (Lipinski definition) is 2. The van der Waals surface area contributed by atoms with Crippen molar-refractivity contribution in [1.82, 2.24) is 14.5 Å². The molecular weight excluding hydrogens is 516 g/mol. The van der Waals surface area contributed by atoms with E-state index in [0.717, 1.165) is 50.4 Å². The van der Waals surface area contributed by atoms with Gasteiger partial charge in [-0.2, -0.15) is 5.26 Å². The number of aromatic carboxylic acids is 1. The van der Waals surface area contributed by atoms with Crippen LogP contribution in [0.1, 0.15) is 50.4 Å². The molecule has 1 aliphatic rings. The van der Waals surface area contributed by atoms with E-state index >= 15 is 0 Å². The van der Waals surface area contributed by atoms with Gasteiger partial charge in [-0.25, -0.2) is 14.8 Å². The number of hydrogen-bond acceptors (Lipinski definition) is 6. The van der Waals surface area contributed by atoms with E-state index in [-0.39, 0.29) is 5.56 Å². The number of fused-ring (bicyclic) bond motifs is 7. The second-order valence-electron chi connectivity index (χ2n) is 10.4. The SMILES string of the molecule is Cn1c(Cc2ccc3cc2CCC(O)Cc2cc(C#N)ccc2COc2cccc-3n2)nc2ccc(C(=O)O)cc21. The van der Waals surface area contributed by atoms with E-state index in [1.165, 1.54) is 0 Å². The molecule has 0 saturated carbocycles. The maximum absolute atomic E-state index is 11.5. The van der Waals surface area contributed by atoms with Crippen LogP contribution in [0.15, 0.2) is 72.8 Å². The van der Waals surface area contributed by atoms with Gasteiger partial charge in [0.05, 0.1) is 40.0 Å². The first kappa shape index (κ1) is 26.2. The van der Waals surface area contributed by atoms with Gasteiger partial charge in [0.2, 0.25) is 5.88 Å². The van der Waals surface area contributed by atoms with Gasteiger partial charge in [-0.05, 0) is 84.0 Å². The number of aromatic nitrogens is 3. The van der Waals surface area contributed by atoms with Gasteiger partial charge in [0.25, 0.3) is 0 Å². The van der Waals surface area contributed by atoms with Crippen LogP contribution in [0.3, 0.4) is 0 Å². The van der Waals surface area contributed by atoms with Crippen LogP contribution in [0, 0.1) is 11.3 Å². The molecule has 2 N–H and O–H groups in total. The number of aliphatic hydroxyl groups is 1. The van der Waals surface area contributed by atoms with Gasteiger partial charge in [0.1, 0.15) is 12.4 Å². The number of imidazole rings is 1. The van der Waals surface area contributed by atoms with Gasteiger partial charge < -0.3 is 19.5 Å². The maximum atomic E-state index is 11.5. The molecule has 1 aliphatic heterocycles. The number of nitriles is 1. The highest BCUT2D eigenvalue weighted by Crippen LogP contribution is 2.28. The highest BCUT2D eigenvalue weighted by atomic mass is 16.5. The molecule has 0 fully saturated rings. The first-order valence-corrected chi connectivity index (χ1v) is 13.5. The minimum atomic E-state index is -0.972. The van der Waals surface area contributed by atoms with Crippen molar-refractivity contribution in [3.05, 3.63) is 112 Å².